The molecule has 5 nitrogen and oxygen atoms in total. The summed E-state index contributed by atoms with van der Waals surface area (Å²) in [7, 11) is 0. The molecule has 5 rings (SSSR count). The molecule has 0 aliphatic rings. The van der Waals surface area contributed by atoms with E-state index in [1.54, 1.807) is 30.5 Å². The molecule has 3 aromatic heterocycles. The zero-order valence-electron chi connectivity index (χ0n) is 16.4. The van der Waals surface area contributed by atoms with Crippen molar-refractivity contribution in [2.75, 3.05) is 0 Å². The van der Waals surface area contributed by atoms with Crippen molar-refractivity contribution in [1.29, 1.82) is 0 Å². The predicted octanol–water partition coefficient (Wildman–Crippen LogP) is 6.93. The fourth-order valence-corrected chi connectivity index (χ4v) is 4.19. The average Bonchev–Trinajstić information content (AvgIpc) is 3.39. The maximum atomic E-state index is 13.4. The van der Waals surface area contributed by atoms with Crippen LogP contribution in [0.2, 0.25) is 15.2 Å². The van der Waals surface area contributed by atoms with Gasteiger partial charge in [-0.05, 0) is 48.0 Å². The van der Waals surface area contributed by atoms with E-state index in [9.17, 15) is 4.79 Å². The summed E-state index contributed by atoms with van der Waals surface area (Å²) in [6.45, 7) is 0.455. The second kappa shape index (κ2) is 8.43. The summed E-state index contributed by atoms with van der Waals surface area (Å²) in [5, 5.41) is 2.07. The molecule has 8 heteroatoms. The molecule has 5 aromatic rings. The van der Waals surface area contributed by atoms with E-state index in [1.807, 2.05) is 41.0 Å². The maximum absolute atomic E-state index is 13.4. The standard InChI is InChI=1S/C24H14Cl3N3O2/c25-15-6-4-14(5-7-15)13-30-19-9-8-16(26)11-17(19)21(23(30)27)22(31)20-12-29-24(32-20)18-3-1-2-10-28-18/h1-12H,13H2. The molecule has 0 amide bonds. The molecule has 0 bridgehead atoms. The first kappa shape index (κ1) is 20.8. The molecule has 0 N–H and O–H groups in total. The number of ketones is 1. The normalized spacial score (nSPS) is 11.2. The van der Waals surface area contributed by atoms with E-state index in [1.165, 1.54) is 6.20 Å². The van der Waals surface area contributed by atoms with Gasteiger partial charge in [0.05, 0.1) is 17.3 Å². The topological polar surface area (TPSA) is 60.9 Å². The third-order valence-corrected chi connectivity index (χ3v) is 5.94. The number of benzene rings is 2. The van der Waals surface area contributed by atoms with Crippen LogP contribution in [0.15, 0.2) is 77.5 Å². The van der Waals surface area contributed by atoms with Crippen molar-refractivity contribution in [3.63, 3.8) is 0 Å². The molecule has 0 spiro atoms. The Morgan fingerprint density at radius 2 is 1.72 bits per heavy atom. The van der Waals surface area contributed by atoms with Gasteiger partial charge in [0.15, 0.2) is 5.76 Å². The highest BCUT2D eigenvalue weighted by atomic mass is 35.5. The van der Waals surface area contributed by atoms with Gasteiger partial charge in [-0.2, -0.15) is 0 Å². The van der Waals surface area contributed by atoms with Gasteiger partial charge in [-0.3, -0.25) is 9.78 Å². The summed E-state index contributed by atoms with van der Waals surface area (Å²) in [6.07, 6.45) is 3.01. The van der Waals surface area contributed by atoms with Gasteiger partial charge in [0, 0.05) is 28.2 Å². The van der Waals surface area contributed by atoms with Gasteiger partial charge < -0.3 is 8.98 Å². The van der Waals surface area contributed by atoms with Crippen molar-refractivity contribution in [1.82, 2.24) is 14.5 Å². The fourth-order valence-electron chi connectivity index (χ4n) is 3.55. The number of nitrogens with zero attached hydrogens (tertiary/aromatic N) is 3. The van der Waals surface area contributed by atoms with E-state index < -0.39 is 0 Å². The highest BCUT2D eigenvalue weighted by molar-refractivity contribution is 6.37. The number of hydrogen-bond donors (Lipinski definition) is 0. The zero-order chi connectivity index (χ0) is 22.2. The van der Waals surface area contributed by atoms with Gasteiger partial charge in [-0.1, -0.05) is 53.0 Å². The Hall–Kier alpha value is -3.12. The molecule has 0 atom stereocenters. The summed E-state index contributed by atoms with van der Waals surface area (Å²) < 4.78 is 7.58. The van der Waals surface area contributed by atoms with Gasteiger partial charge in [0.25, 0.3) is 0 Å². The Morgan fingerprint density at radius 1 is 0.938 bits per heavy atom. The number of carbonyl (C=O) groups excluding carboxylic acids is 1. The van der Waals surface area contributed by atoms with E-state index in [0.29, 0.717) is 33.2 Å². The third kappa shape index (κ3) is 3.79. The number of carbonyl (C=O) groups is 1. The Labute approximate surface area is 198 Å². The first-order chi connectivity index (χ1) is 15.5. The Kier molecular flexibility index (Phi) is 5.47. The van der Waals surface area contributed by atoms with Crippen LogP contribution >= 0.6 is 34.8 Å². The number of rotatable bonds is 5. The lowest BCUT2D eigenvalue weighted by atomic mass is 10.1. The Bertz CT molecular complexity index is 1440. The van der Waals surface area contributed by atoms with E-state index in [4.69, 9.17) is 39.2 Å². The maximum Gasteiger partial charge on any atom is 0.245 e. The van der Waals surface area contributed by atoms with Gasteiger partial charge in [0.2, 0.25) is 11.7 Å². The molecule has 0 saturated heterocycles. The van der Waals surface area contributed by atoms with Crippen LogP contribution in [-0.4, -0.2) is 20.3 Å². The van der Waals surface area contributed by atoms with Crippen LogP contribution < -0.4 is 0 Å². The monoisotopic (exact) mass is 481 g/mol. The molecule has 0 aliphatic heterocycles. The second-order valence-electron chi connectivity index (χ2n) is 7.11. The number of hydrogen-bond acceptors (Lipinski definition) is 4. The van der Waals surface area contributed by atoms with Crippen molar-refractivity contribution in [2.45, 2.75) is 6.54 Å². The van der Waals surface area contributed by atoms with Crippen LogP contribution in [0, 0.1) is 0 Å². The van der Waals surface area contributed by atoms with Gasteiger partial charge in [0.1, 0.15) is 10.8 Å². The van der Waals surface area contributed by atoms with Crippen molar-refractivity contribution >= 4 is 51.5 Å². The van der Waals surface area contributed by atoms with Crippen molar-refractivity contribution in [2.24, 2.45) is 0 Å². The van der Waals surface area contributed by atoms with Crippen LogP contribution in [0.25, 0.3) is 22.5 Å². The van der Waals surface area contributed by atoms with Crippen LogP contribution in [0.5, 0.6) is 0 Å². The molecular weight excluding hydrogens is 469 g/mol. The molecule has 32 heavy (non-hydrogen) atoms. The molecule has 2 aromatic carbocycles. The molecular formula is C24H14Cl3N3O2. The van der Waals surface area contributed by atoms with Crippen LogP contribution in [0.3, 0.4) is 0 Å². The van der Waals surface area contributed by atoms with Crippen molar-refractivity contribution < 1.29 is 9.21 Å². The average molecular weight is 483 g/mol. The summed E-state index contributed by atoms with van der Waals surface area (Å²) >= 11 is 19.0. The quantitative estimate of drug-likeness (QED) is 0.255. The molecule has 3 heterocycles. The smallest absolute Gasteiger partial charge is 0.245 e. The molecule has 0 aliphatic carbocycles. The Morgan fingerprint density at radius 3 is 2.47 bits per heavy atom. The third-order valence-electron chi connectivity index (χ3n) is 5.06. The van der Waals surface area contributed by atoms with Crippen LogP contribution in [0.4, 0.5) is 0 Å². The van der Waals surface area contributed by atoms with Crippen LogP contribution in [-0.2, 0) is 6.54 Å². The van der Waals surface area contributed by atoms with Gasteiger partial charge in [-0.25, -0.2) is 4.98 Å². The lowest BCUT2D eigenvalue weighted by molar-refractivity contribution is 0.101. The SMILES string of the molecule is O=C(c1cnc(-c2ccccn2)o1)c1c(Cl)n(Cc2ccc(Cl)cc2)c2ccc(Cl)cc12. The lowest BCUT2D eigenvalue weighted by Gasteiger charge is -2.08. The van der Waals surface area contributed by atoms with Crippen LogP contribution in [0.1, 0.15) is 21.7 Å². The summed E-state index contributed by atoms with van der Waals surface area (Å²) in [5.41, 5.74) is 2.61. The van der Waals surface area contributed by atoms with Crippen molar-refractivity contribution in [3.8, 4) is 11.6 Å². The van der Waals surface area contributed by atoms with E-state index in [0.717, 1.165) is 11.1 Å². The number of oxazole rings is 1. The largest absolute Gasteiger partial charge is 0.431 e. The zero-order valence-corrected chi connectivity index (χ0v) is 18.7. The molecule has 0 radical (unpaired) electrons. The number of pyridine rings is 1. The highest BCUT2D eigenvalue weighted by Gasteiger charge is 2.26. The first-order valence-electron chi connectivity index (χ1n) is 9.65. The van der Waals surface area contributed by atoms with E-state index >= 15 is 0 Å². The number of halogens is 3. The second-order valence-corrected chi connectivity index (χ2v) is 8.34. The minimum absolute atomic E-state index is 0.0677. The van der Waals surface area contributed by atoms with E-state index in [-0.39, 0.29) is 22.6 Å². The molecule has 158 valence electrons. The highest BCUT2D eigenvalue weighted by Crippen LogP contribution is 2.35. The van der Waals surface area contributed by atoms with Gasteiger partial charge in [-0.15, -0.1) is 0 Å². The number of fused-ring (bicyclic) bond motifs is 1. The van der Waals surface area contributed by atoms with Gasteiger partial charge >= 0.3 is 0 Å². The molecule has 0 saturated carbocycles. The number of aromatic nitrogens is 3. The minimum atomic E-state index is -0.383. The summed E-state index contributed by atoms with van der Waals surface area (Å²) in [6, 6.07) is 18.1. The minimum Gasteiger partial charge on any atom is -0.431 e. The molecule has 0 fully saturated rings. The Balaban J connectivity index is 1.60. The first-order valence-corrected chi connectivity index (χ1v) is 10.8. The lowest BCUT2D eigenvalue weighted by Crippen LogP contribution is -2.03. The predicted molar refractivity (Wildman–Crippen MR) is 126 cm³/mol. The fraction of sp³-hybridized carbons (Fsp3) is 0.0417. The molecule has 0 unspecified atom stereocenters. The van der Waals surface area contributed by atoms with E-state index in [2.05, 4.69) is 9.97 Å². The summed E-state index contributed by atoms with van der Waals surface area (Å²) in [5.74, 6) is -0.0575. The van der Waals surface area contributed by atoms with Crippen molar-refractivity contribution in [3.05, 3.63) is 105 Å². The summed E-state index contributed by atoms with van der Waals surface area (Å²) in [4.78, 5) is 21.8.